The highest BCUT2D eigenvalue weighted by Crippen LogP contribution is 2.25. The van der Waals surface area contributed by atoms with E-state index in [0.717, 1.165) is 18.8 Å². The summed E-state index contributed by atoms with van der Waals surface area (Å²) in [6.45, 7) is 6.53. The van der Waals surface area contributed by atoms with Crippen molar-refractivity contribution in [1.29, 1.82) is 0 Å². The third kappa shape index (κ3) is 5.13. The molecule has 0 saturated heterocycles. The Morgan fingerprint density at radius 3 is 2.88 bits per heavy atom. The number of aliphatic hydroxyl groups excluding tert-OH is 1. The van der Waals surface area contributed by atoms with Crippen molar-refractivity contribution < 1.29 is 5.11 Å². The van der Waals surface area contributed by atoms with Crippen LogP contribution in [-0.4, -0.2) is 17.4 Å². The van der Waals surface area contributed by atoms with E-state index in [1.807, 2.05) is 6.92 Å². The van der Waals surface area contributed by atoms with Gasteiger partial charge in [0.2, 0.25) is 0 Å². The first-order chi connectivity index (χ1) is 7.61. The Morgan fingerprint density at radius 2 is 2.25 bits per heavy atom. The predicted molar refractivity (Wildman–Crippen MR) is 69.2 cm³/mol. The molecule has 1 rings (SSSR count). The van der Waals surface area contributed by atoms with Crippen LogP contribution < -0.4 is 5.32 Å². The zero-order chi connectivity index (χ0) is 12.0. The molecule has 0 heterocycles. The summed E-state index contributed by atoms with van der Waals surface area (Å²) in [5.41, 5.74) is 1.58. The van der Waals surface area contributed by atoms with E-state index < -0.39 is 0 Å². The summed E-state index contributed by atoms with van der Waals surface area (Å²) in [6, 6.07) is 0.488. The van der Waals surface area contributed by atoms with Gasteiger partial charge in [-0.05, 0) is 44.4 Å². The largest absolute Gasteiger partial charge is 0.379 e. The fourth-order valence-corrected chi connectivity index (χ4v) is 2.22. The zero-order valence-electron chi connectivity index (χ0n) is 11.0. The van der Waals surface area contributed by atoms with E-state index in [2.05, 4.69) is 25.2 Å². The molecule has 2 nitrogen and oxygen atoms in total. The van der Waals surface area contributed by atoms with Crippen LogP contribution in [0.4, 0.5) is 0 Å². The van der Waals surface area contributed by atoms with Crippen molar-refractivity contribution in [3.05, 3.63) is 11.6 Å². The molecule has 1 aliphatic rings. The number of hydrogen-bond donors (Lipinski definition) is 2. The van der Waals surface area contributed by atoms with Gasteiger partial charge in [-0.15, -0.1) is 0 Å². The van der Waals surface area contributed by atoms with Crippen LogP contribution in [0, 0.1) is 5.92 Å². The Bertz CT molecular complexity index is 223. The standard InChI is InChI=1S/C14H27NO/c1-4-14(16)15-13-7-5-6-12(10-13)9-8-11(2)3/h9,11,13-16H,4-8,10H2,1-3H3/b12-9-/t13-,14?/m1/s1. The average molecular weight is 225 g/mol. The minimum atomic E-state index is -0.325. The van der Waals surface area contributed by atoms with E-state index in [1.165, 1.54) is 25.7 Å². The summed E-state index contributed by atoms with van der Waals surface area (Å²) >= 11 is 0. The van der Waals surface area contributed by atoms with Crippen LogP contribution in [0.2, 0.25) is 0 Å². The molecule has 1 fully saturated rings. The molecule has 16 heavy (non-hydrogen) atoms. The predicted octanol–water partition coefficient (Wildman–Crippen LogP) is 3.22. The van der Waals surface area contributed by atoms with Gasteiger partial charge in [0.25, 0.3) is 0 Å². The Labute approximate surface area is 100 Å². The van der Waals surface area contributed by atoms with Crippen molar-refractivity contribution >= 4 is 0 Å². The molecule has 0 aromatic carbocycles. The molecular formula is C14H27NO. The molecular weight excluding hydrogens is 198 g/mol. The van der Waals surface area contributed by atoms with Crippen LogP contribution in [-0.2, 0) is 0 Å². The van der Waals surface area contributed by atoms with Crippen LogP contribution in [0.15, 0.2) is 11.6 Å². The van der Waals surface area contributed by atoms with Crippen molar-refractivity contribution in [3.63, 3.8) is 0 Å². The maximum Gasteiger partial charge on any atom is 0.104 e. The fourth-order valence-electron chi connectivity index (χ4n) is 2.22. The van der Waals surface area contributed by atoms with Gasteiger partial charge in [-0.3, -0.25) is 5.32 Å². The third-order valence-corrected chi connectivity index (χ3v) is 3.25. The molecule has 0 amide bonds. The van der Waals surface area contributed by atoms with Crippen molar-refractivity contribution in [2.75, 3.05) is 0 Å². The van der Waals surface area contributed by atoms with Gasteiger partial charge in [0.1, 0.15) is 6.23 Å². The van der Waals surface area contributed by atoms with E-state index in [-0.39, 0.29) is 6.23 Å². The third-order valence-electron chi connectivity index (χ3n) is 3.25. The lowest BCUT2D eigenvalue weighted by Crippen LogP contribution is -2.39. The van der Waals surface area contributed by atoms with Gasteiger partial charge in [-0.1, -0.05) is 32.4 Å². The molecule has 1 saturated carbocycles. The first kappa shape index (κ1) is 13.7. The maximum absolute atomic E-state index is 9.58. The molecule has 1 unspecified atom stereocenters. The average Bonchev–Trinajstić information content (AvgIpc) is 2.26. The second-order valence-corrected chi connectivity index (χ2v) is 5.38. The molecule has 2 atom stereocenters. The van der Waals surface area contributed by atoms with E-state index in [9.17, 15) is 5.11 Å². The van der Waals surface area contributed by atoms with Gasteiger partial charge in [-0.25, -0.2) is 0 Å². The molecule has 2 heteroatoms. The van der Waals surface area contributed by atoms with Crippen LogP contribution in [0.3, 0.4) is 0 Å². The number of aliphatic hydroxyl groups is 1. The summed E-state index contributed by atoms with van der Waals surface area (Å²) < 4.78 is 0. The van der Waals surface area contributed by atoms with Crippen molar-refractivity contribution in [2.24, 2.45) is 5.92 Å². The molecule has 94 valence electrons. The minimum absolute atomic E-state index is 0.325. The van der Waals surface area contributed by atoms with Crippen molar-refractivity contribution in [2.45, 2.75) is 71.6 Å². The highest BCUT2D eigenvalue weighted by atomic mass is 16.3. The van der Waals surface area contributed by atoms with Gasteiger partial charge in [0, 0.05) is 6.04 Å². The number of nitrogens with one attached hydrogen (secondary N) is 1. The fraction of sp³-hybridized carbons (Fsp3) is 0.857. The number of hydrogen-bond acceptors (Lipinski definition) is 2. The highest BCUT2D eigenvalue weighted by molar-refractivity contribution is 5.07. The van der Waals surface area contributed by atoms with Gasteiger partial charge < -0.3 is 5.11 Å². The lowest BCUT2D eigenvalue weighted by Gasteiger charge is -2.27. The summed E-state index contributed by atoms with van der Waals surface area (Å²) in [6.07, 6.45) is 8.93. The molecule has 0 radical (unpaired) electrons. The summed E-state index contributed by atoms with van der Waals surface area (Å²) in [4.78, 5) is 0. The summed E-state index contributed by atoms with van der Waals surface area (Å²) in [7, 11) is 0. The van der Waals surface area contributed by atoms with E-state index in [4.69, 9.17) is 0 Å². The quantitative estimate of drug-likeness (QED) is 0.556. The van der Waals surface area contributed by atoms with Crippen LogP contribution in [0.25, 0.3) is 0 Å². The molecule has 0 aliphatic heterocycles. The SMILES string of the molecule is CCC(O)N[C@@H]1CCC/C(=C/CC(C)C)C1. The summed E-state index contributed by atoms with van der Waals surface area (Å²) in [5.74, 6) is 0.752. The minimum Gasteiger partial charge on any atom is -0.379 e. The van der Waals surface area contributed by atoms with Gasteiger partial charge in [0.05, 0.1) is 0 Å². The normalized spacial score (nSPS) is 26.3. The Kier molecular flexibility index (Phi) is 6.07. The lowest BCUT2D eigenvalue weighted by molar-refractivity contribution is 0.113. The molecule has 1 aliphatic carbocycles. The van der Waals surface area contributed by atoms with E-state index in [1.54, 1.807) is 5.57 Å². The number of allylic oxidation sites excluding steroid dienone is 1. The van der Waals surface area contributed by atoms with Gasteiger partial charge in [0.15, 0.2) is 0 Å². The van der Waals surface area contributed by atoms with Crippen LogP contribution in [0.5, 0.6) is 0 Å². The van der Waals surface area contributed by atoms with Gasteiger partial charge in [-0.2, -0.15) is 0 Å². The highest BCUT2D eigenvalue weighted by Gasteiger charge is 2.18. The second kappa shape index (κ2) is 7.08. The first-order valence-electron chi connectivity index (χ1n) is 6.73. The monoisotopic (exact) mass is 225 g/mol. The number of rotatable bonds is 5. The Balaban J connectivity index is 2.37. The van der Waals surface area contributed by atoms with E-state index in [0.29, 0.717) is 6.04 Å². The van der Waals surface area contributed by atoms with E-state index >= 15 is 0 Å². The molecule has 0 bridgehead atoms. The van der Waals surface area contributed by atoms with Crippen LogP contribution >= 0.6 is 0 Å². The first-order valence-corrected chi connectivity index (χ1v) is 6.73. The maximum atomic E-state index is 9.58. The summed E-state index contributed by atoms with van der Waals surface area (Å²) in [5, 5.41) is 12.9. The lowest BCUT2D eigenvalue weighted by atomic mass is 9.89. The zero-order valence-corrected chi connectivity index (χ0v) is 11.0. The Morgan fingerprint density at radius 1 is 1.50 bits per heavy atom. The van der Waals surface area contributed by atoms with Crippen LogP contribution in [0.1, 0.15) is 59.3 Å². The Hall–Kier alpha value is -0.340. The van der Waals surface area contributed by atoms with Crippen molar-refractivity contribution in [3.8, 4) is 0 Å². The molecule has 2 N–H and O–H groups in total. The van der Waals surface area contributed by atoms with Gasteiger partial charge >= 0.3 is 0 Å². The smallest absolute Gasteiger partial charge is 0.104 e. The molecule has 0 aromatic heterocycles. The topological polar surface area (TPSA) is 32.3 Å². The molecule has 0 spiro atoms. The van der Waals surface area contributed by atoms with Crippen molar-refractivity contribution in [1.82, 2.24) is 5.32 Å². The second-order valence-electron chi connectivity index (χ2n) is 5.38. The molecule has 0 aromatic rings.